The normalized spacial score (nSPS) is 23.1. The first kappa shape index (κ1) is 18.8. The second-order valence-corrected chi connectivity index (χ2v) is 9.68. The lowest BCUT2D eigenvalue weighted by atomic mass is 10.1. The third kappa shape index (κ3) is 3.62. The zero-order chi connectivity index (χ0) is 19.2. The maximum absolute atomic E-state index is 13.4. The molecule has 0 spiro atoms. The average Bonchev–Trinajstić information content (AvgIpc) is 3.05. The van der Waals surface area contributed by atoms with Crippen LogP contribution in [-0.2, 0) is 10.0 Å². The van der Waals surface area contributed by atoms with E-state index >= 15 is 0 Å². The Kier molecular flexibility index (Phi) is 4.76. The standard InChI is InChI=1S/C19H25F2N3O2S/c1-22-9-5-16(6-10-22)24-11-4-15-2-3-17(14-18(15)24)27(25,26)23-12-7-19(20,21)8-13-23/h2-4,11,14,16H,5-10,12-13H2,1H3. The molecular weight excluding hydrogens is 372 g/mol. The van der Waals surface area contributed by atoms with Gasteiger partial charge in [0.2, 0.25) is 10.0 Å². The third-order valence-corrected chi connectivity index (χ3v) is 7.76. The van der Waals surface area contributed by atoms with Gasteiger partial charge in [-0.05, 0) is 56.6 Å². The molecule has 0 bridgehead atoms. The summed E-state index contributed by atoms with van der Waals surface area (Å²) in [4.78, 5) is 2.48. The Morgan fingerprint density at radius 2 is 1.70 bits per heavy atom. The van der Waals surface area contributed by atoms with Crippen molar-refractivity contribution in [2.24, 2.45) is 0 Å². The van der Waals surface area contributed by atoms with E-state index < -0.39 is 28.8 Å². The van der Waals surface area contributed by atoms with Crippen LogP contribution in [-0.4, -0.2) is 61.3 Å². The third-order valence-electron chi connectivity index (χ3n) is 5.87. The first-order chi connectivity index (χ1) is 12.8. The zero-order valence-electron chi connectivity index (χ0n) is 15.4. The van der Waals surface area contributed by atoms with E-state index in [0.717, 1.165) is 36.8 Å². The highest BCUT2D eigenvalue weighted by atomic mass is 32.2. The summed E-state index contributed by atoms with van der Waals surface area (Å²) >= 11 is 0. The number of alkyl halides is 2. The summed E-state index contributed by atoms with van der Waals surface area (Å²) in [6, 6.07) is 7.46. The lowest BCUT2D eigenvalue weighted by molar-refractivity contribution is -0.0412. The van der Waals surface area contributed by atoms with Crippen molar-refractivity contribution < 1.29 is 17.2 Å². The van der Waals surface area contributed by atoms with E-state index in [1.54, 1.807) is 12.1 Å². The molecule has 2 aromatic rings. The van der Waals surface area contributed by atoms with Gasteiger partial charge >= 0.3 is 0 Å². The minimum absolute atomic E-state index is 0.136. The lowest BCUT2D eigenvalue weighted by Crippen LogP contribution is -2.42. The molecule has 0 saturated carbocycles. The van der Waals surface area contributed by atoms with E-state index in [2.05, 4.69) is 16.5 Å². The highest BCUT2D eigenvalue weighted by Crippen LogP contribution is 2.33. The van der Waals surface area contributed by atoms with Crippen LogP contribution in [0.1, 0.15) is 31.7 Å². The van der Waals surface area contributed by atoms with E-state index in [-0.39, 0.29) is 18.0 Å². The fourth-order valence-corrected chi connectivity index (χ4v) is 5.55. The largest absolute Gasteiger partial charge is 0.344 e. The Hall–Kier alpha value is -1.51. The van der Waals surface area contributed by atoms with E-state index in [9.17, 15) is 17.2 Å². The highest BCUT2D eigenvalue weighted by Gasteiger charge is 2.38. The summed E-state index contributed by atoms with van der Waals surface area (Å²) in [7, 11) is -1.65. The number of rotatable bonds is 3. The molecule has 1 aromatic heterocycles. The fourth-order valence-electron chi connectivity index (χ4n) is 4.08. The Morgan fingerprint density at radius 3 is 2.37 bits per heavy atom. The van der Waals surface area contributed by atoms with E-state index in [1.807, 2.05) is 18.3 Å². The molecule has 0 aliphatic carbocycles. The van der Waals surface area contributed by atoms with Gasteiger partial charge < -0.3 is 9.47 Å². The topological polar surface area (TPSA) is 45.6 Å². The summed E-state index contributed by atoms with van der Waals surface area (Å²) in [6.45, 7) is 1.77. The van der Waals surface area contributed by atoms with Crippen LogP contribution >= 0.6 is 0 Å². The number of aromatic nitrogens is 1. The molecule has 0 atom stereocenters. The Bertz CT molecular complexity index is 924. The minimum atomic E-state index is -3.76. The molecule has 2 fully saturated rings. The molecule has 5 nitrogen and oxygen atoms in total. The summed E-state index contributed by atoms with van der Waals surface area (Å²) in [5.74, 6) is -2.77. The van der Waals surface area contributed by atoms with Gasteiger partial charge in [0.1, 0.15) is 0 Å². The lowest BCUT2D eigenvalue weighted by Gasteiger charge is -2.31. The van der Waals surface area contributed by atoms with Gasteiger partial charge in [-0.1, -0.05) is 6.07 Å². The Balaban J connectivity index is 1.64. The molecule has 4 rings (SSSR count). The Labute approximate surface area is 158 Å². The number of halogens is 2. The molecule has 0 N–H and O–H groups in total. The second kappa shape index (κ2) is 6.83. The molecule has 0 amide bonds. The van der Waals surface area contributed by atoms with E-state index in [1.165, 1.54) is 4.31 Å². The molecule has 2 saturated heterocycles. The van der Waals surface area contributed by atoms with Crippen LogP contribution in [0.4, 0.5) is 8.78 Å². The first-order valence-electron chi connectivity index (χ1n) is 9.43. The van der Waals surface area contributed by atoms with Crippen molar-refractivity contribution >= 4 is 20.9 Å². The number of likely N-dealkylation sites (tertiary alicyclic amines) is 1. The maximum atomic E-state index is 13.4. The van der Waals surface area contributed by atoms with E-state index in [4.69, 9.17) is 0 Å². The van der Waals surface area contributed by atoms with Gasteiger partial charge in [0.05, 0.1) is 4.90 Å². The molecule has 2 aliphatic rings. The van der Waals surface area contributed by atoms with Crippen LogP contribution in [0.2, 0.25) is 0 Å². The first-order valence-corrected chi connectivity index (χ1v) is 10.9. The molecule has 3 heterocycles. The fraction of sp³-hybridized carbons (Fsp3) is 0.579. The Morgan fingerprint density at radius 1 is 1.04 bits per heavy atom. The predicted octanol–water partition coefficient (Wildman–Crippen LogP) is 3.33. The molecule has 1 aromatic carbocycles. The van der Waals surface area contributed by atoms with Gasteiger partial charge in [-0.2, -0.15) is 4.31 Å². The maximum Gasteiger partial charge on any atom is 0.250 e. The van der Waals surface area contributed by atoms with Gasteiger partial charge in [-0.3, -0.25) is 0 Å². The number of sulfonamides is 1. The van der Waals surface area contributed by atoms with Crippen LogP contribution in [0.5, 0.6) is 0 Å². The van der Waals surface area contributed by atoms with Crippen molar-refractivity contribution in [1.29, 1.82) is 0 Å². The van der Waals surface area contributed by atoms with Crippen molar-refractivity contribution in [2.45, 2.75) is 42.5 Å². The molecular formula is C19H25F2N3O2S. The molecule has 8 heteroatoms. The number of piperidine rings is 2. The quantitative estimate of drug-likeness (QED) is 0.798. The molecule has 0 unspecified atom stereocenters. The van der Waals surface area contributed by atoms with Crippen molar-refractivity contribution in [3.8, 4) is 0 Å². The molecule has 0 radical (unpaired) electrons. The van der Waals surface area contributed by atoms with Gasteiger partial charge in [0, 0.05) is 43.7 Å². The number of nitrogens with zero attached hydrogens (tertiary/aromatic N) is 3. The second-order valence-electron chi connectivity index (χ2n) is 7.74. The van der Waals surface area contributed by atoms with Crippen molar-refractivity contribution in [3.05, 3.63) is 30.5 Å². The predicted molar refractivity (Wildman–Crippen MR) is 101 cm³/mol. The number of hydrogen-bond donors (Lipinski definition) is 0. The van der Waals surface area contributed by atoms with Crippen LogP contribution in [0, 0.1) is 0 Å². The highest BCUT2D eigenvalue weighted by molar-refractivity contribution is 7.89. The molecule has 27 heavy (non-hydrogen) atoms. The summed E-state index contributed by atoms with van der Waals surface area (Å²) in [5, 5.41) is 0.998. The monoisotopic (exact) mass is 397 g/mol. The SMILES string of the molecule is CN1CCC(n2ccc3ccc(S(=O)(=O)N4CCC(F)(F)CC4)cc32)CC1. The zero-order valence-corrected chi connectivity index (χ0v) is 16.3. The van der Waals surface area contributed by atoms with Crippen molar-refractivity contribution in [1.82, 2.24) is 13.8 Å². The van der Waals surface area contributed by atoms with Gasteiger partial charge in [-0.15, -0.1) is 0 Å². The number of fused-ring (bicyclic) bond motifs is 1. The van der Waals surface area contributed by atoms with Crippen molar-refractivity contribution in [3.63, 3.8) is 0 Å². The van der Waals surface area contributed by atoms with Crippen LogP contribution in [0.25, 0.3) is 10.9 Å². The summed E-state index contributed by atoms with van der Waals surface area (Å²) in [6.07, 6.45) is 3.25. The van der Waals surface area contributed by atoms with Gasteiger partial charge in [-0.25, -0.2) is 17.2 Å². The van der Waals surface area contributed by atoms with Crippen LogP contribution < -0.4 is 0 Å². The minimum Gasteiger partial charge on any atom is -0.344 e. The molecule has 2 aliphatic heterocycles. The van der Waals surface area contributed by atoms with E-state index in [0.29, 0.717) is 6.04 Å². The van der Waals surface area contributed by atoms with Gasteiger partial charge in [0.15, 0.2) is 0 Å². The number of hydrogen-bond acceptors (Lipinski definition) is 3. The van der Waals surface area contributed by atoms with Crippen LogP contribution in [0.15, 0.2) is 35.4 Å². The van der Waals surface area contributed by atoms with Crippen molar-refractivity contribution in [2.75, 3.05) is 33.2 Å². The molecule has 148 valence electrons. The average molecular weight is 397 g/mol. The summed E-state index contributed by atoms with van der Waals surface area (Å²) < 4.78 is 56.1. The smallest absolute Gasteiger partial charge is 0.250 e. The van der Waals surface area contributed by atoms with Gasteiger partial charge in [0.25, 0.3) is 5.92 Å². The summed E-state index contributed by atoms with van der Waals surface area (Å²) in [5.41, 5.74) is 0.896. The number of benzene rings is 1. The van der Waals surface area contributed by atoms with Crippen LogP contribution in [0.3, 0.4) is 0 Å².